The molecule has 0 radical (unpaired) electrons. The van der Waals surface area contributed by atoms with Crippen molar-refractivity contribution in [2.75, 3.05) is 36.9 Å². The Morgan fingerprint density at radius 1 is 1.15 bits per heavy atom. The maximum absolute atomic E-state index is 11.9. The highest BCUT2D eigenvalue weighted by molar-refractivity contribution is 5.57. The van der Waals surface area contributed by atoms with Crippen molar-refractivity contribution < 1.29 is 13.5 Å². The molecule has 0 fully saturated rings. The van der Waals surface area contributed by atoms with Crippen LogP contribution in [0.3, 0.4) is 0 Å². The molecule has 0 saturated heterocycles. The molecule has 1 aromatic rings. The van der Waals surface area contributed by atoms with Crippen molar-refractivity contribution in [2.24, 2.45) is 0 Å². The van der Waals surface area contributed by atoms with Crippen LogP contribution in [0, 0.1) is 6.92 Å². The molecule has 114 valence electrons. The Balaban J connectivity index is 2.61. The number of alkyl halides is 2. The van der Waals surface area contributed by atoms with Gasteiger partial charge in [-0.25, -0.2) is 18.7 Å². The fourth-order valence-corrected chi connectivity index (χ4v) is 1.65. The van der Waals surface area contributed by atoms with E-state index in [4.69, 9.17) is 4.74 Å². The second-order valence-corrected chi connectivity index (χ2v) is 4.24. The van der Waals surface area contributed by atoms with Gasteiger partial charge >= 0.3 is 0 Å². The Kier molecular flexibility index (Phi) is 7.14. The van der Waals surface area contributed by atoms with E-state index in [2.05, 4.69) is 20.6 Å². The summed E-state index contributed by atoms with van der Waals surface area (Å²) in [6, 6.07) is 0. The largest absolute Gasteiger partial charge is 0.374 e. The molecular weight excluding hydrogens is 266 g/mol. The van der Waals surface area contributed by atoms with Gasteiger partial charge in [0.05, 0.1) is 6.61 Å². The van der Waals surface area contributed by atoms with Crippen molar-refractivity contribution in [2.45, 2.75) is 33.6 Å². The number of anilines is 2. The van der Waals surface area contributed by atoms with E-state index in [9.17, 15) is 8.78 Å². The van der Waals surface area contributed by atoms with Crippen LogP contribution in [0.25, 0.3) is 0 Å². The third-order valence-electron chi connectivity index (χ3n) is 2.64. The molecule has 0 aliphatic carbocycles. The predicted octanol–water partition coefficient (Wildman–Crippen LogP) is 2.47. The van der Waals surface area contributed by atoms with Crippen molar-refractivity contribution in [1.82, 2.24) is 9.97 Å². The van der Waals surface area contributed by atoms with E-state index in [1.165, 1.54) is 0 Å². The molecule has 20 heavy (non-hydrogen) atoms. The van der Waals surface area contributed by atoms with Gasteiger partial charge in [0.15, 0.2) is 0 Å². The minimum Gasteiger partial charge on any atom is -0.374 e. The van der Waals surface area contributed by atoms with Crippen LogP contribution in [0.2, 0.25) is 0 Å². The Bertz CT molecular complexity index is 416. The fourth-order valence-electron chi connectivity index (χ4n) is 1.65. The second kappa shape index (κ2) is 8.63. The molecule has 1 heterocycles. The fraction of sp³-hybridized carbons (Fsp3) is 0.692. The van der Waals surface area contributed by atoms with Gasteiger partial charge in [0.25, 0.3) is 6.43 Å². The van der Waals surface area contributed by atoms with Crippen LogP contribution in [-0.2, 0) is 11.2 Å². The Morgan fingerprint density at radius 2 is 1.80 bits per heavy atom. The van der Waals surface area contributed by atoms with E-state index in [0.717, 1.165) is 30.2 Å². The molecule has 0 saturated carbocycles. The summed E-state index contributed by atoms with van der Waals surface area (Å²) < 4.78 is 28.6. The predicted molar refractivity (Wildman–Crippen MR) is 75.6 cm³/mol. The zero-order chi connectivity index (χ0) is 15.0. The number of nitrogens with one attached hydrogen (secondary N) is 2. The molecule has 0 aliphatic rings. The first-order valence-electron chi connectivity index (χ1n) is 6.79. The normalized spacial score (nSPS) is 10.9. The van der Waals surface area contributed by atoms with Crippen LogP contribution in [0.5, 0.6) is 0 Å². The number of hydrogen-bond donors (Lipinski definition) is 2. The Morgan fingerprint density at radius 3 is 2.35 bits per heavy atom. The van der Waals surface area contributed by atoms with E-state index >= 15 is 0 Å². The Labute approximate surface area is 118 Å². The summed E-state index contributed by atoms with van der Waals surface area (Å²) in [5.74, 6) is 2.26. The quantitative estimate of drug-likeness (QED) is 0.684. The van der Waals surface area contributed by atoms with Crippen molar-refractivity contribution in [3.63, 3.8) is 0 Å². The van der Waals surface area contributed by atoms with Crippen LogP contribution in [0.15, 0.2) is 0 Å². The average Bonchev–Trinajstić information content (AvgIpc) is 2.42. The maximum Gasteiger partial charge on any atom is 0.261 e. The number of aromatic nitrogens is 2. The highest BCUT2D eigenvalue weighted by atomic mass is 19.3. The number of rotatable bonds is 9. The third kappa shape index (κ3) is 5.24. The van der Waals surface area contributed by atoms with Crippen molar-refractivity contribution in [3.05, 3.63) is 11.4 Å². The molecule has 0 aromatic carbocycles. The van der Waals surface area contributed by atoms with E-state index in [-0.39, 0.29) is 6.61 Å². The smallest absolute Gasteiger partial charge is 0.261 e. The summed E-state index contributed by atoms with van der Waals surface area (Å²) >= 11 is 0. The molecule has 0 aliphatic heterocycles. The van der Waals surface area contributed by atoms with E-state index < -0.39 is 13.0 Å². The minimum absolute atomic E-state index is 0.214. The van der Waals surface area contributed by atoms with Gasteiger partial charge in [-0.3, -0.25) is 0 Å². The Hall–Kier alpha value is -1.50. The third-order valence-corrected chi connectivity index (χ3v) is 2.64. The molecule has 5 nitrogen and oxygen atoms in total. The molecule has 0 amide bonds. The lowest BCUT2D eigenvalue weighted by atomic mass is 10.3. The van der Waals surface area contributed by atoms with Crippen LogP contribution in [0.4, 0.5) is 20.4 Å². The van der Waals surface area contributed by atoms with Crippen molar-refractivity contribution >= 4 is 11.6 Å². The van der Waals surface area contributed by atoms with Gasteiger partial charge in [-0.2, -0.15) is 0 Å². The number of aryl methyl sites for hydroxylation is 1. The lowest BCUT2D eigenvalue weighted by molar-refractivity contribution is 0.0214. The van der Waals surface area contributed by atoms with Crippen molar-refractivity contribution in [1.29, 1.82) is 0 Å². The number of nitrogens with zero attached hydrogens (tertiary/aromatic N) is 2. The van der Waals surface area contributed by atoms with E-state index in [1.807, 2.05) is 20.8 Å². The van der Waals surface area contributed by atoms with Gasteiger partial charge in [-0.15, -0.1) is 0 Å². The molecule has 0 atom stereocenters. The number of hydrogen-bond acceptors (Lipinski definition) is 5. The first-order valence-corrected chi connectivity index (χ1v) is 6.79. The summed E-state index contributed by atoms with van der Waals surface area (Å²) in [6.07, 6.45) is -1.70. The topological polar surface area (TPSA) is 59.1 Å². The minimum atomic E-state index is -2.43. The van der Waals surface area contributed by atoms with Crippen molar-refractivity contribution in [3.8, 4) is 0 Å². The first kappa shape index (κ1) is 16.6. The lowest BCUT2D eigenvalue weighted by Crippen LogP contribution is -2.16. The first-order chi connectivity index (χ1) is 9.58. The van der Waals surface area contributed by atoms with Crippen LogP contribution < -0.4 is 10.6 Å². The van der Waals surface area contributed by atoms with Gasteiger partial charge in [0.1, 0.15) is 24.1 Å². The lowest BCUT2D eigenvalue weighted by Gasteiger charge is -2.14. The van der Waals surface area contributed by atoms with Gasteiger partial charge in [-0.05, 0) is 13.8 Å². The highest BCUT2D eigenvalue weighted by Crippen LogP contribution is 2.19. The molecular formula is C13H22F2N4O. The maximum atomic E-state index is 11.9. The molecule has 0 bridgehead atoms. The summed E-state index contributed by atoms with van der Waals surface area (Å²) in [7, 11) is 0. The summed E-state index contributed by atoms with van der Waals surface area (Å²) in [4.78, 5) is 8.82. The summed E-state index contributed by atoms with van der Waals surface area (Å²) in [5.41, 5.74) is 0.915. The van der Waals surface area contributed by atoms with Crippen LogP contribution in [-0.4, -0.2) is 42.7 Å². The van der Waals surface area contributed by atoms with Gasteiger partial charge < -0.3 is 15.4 Å². The summed E-state index contributed by atoms with van der Waals surface area (Å²) in [6.45, 7) is 6.78. The van der Waals surface area contributed by atoms with Gasteiger partial charge in [-0.1, -0.05) is 6.92 Å². The van der Waals surface area contributed by atoms with Crippen LogP contribution >= 0.6 is 0 Å². The zero-order valence-corrected chi connectivity index (χ0v) is 12.2. The average molecular weight is 288 g/mol. The zero-order valence-electron chi connectivity index (χ0n) is 12.2. The van der Waals surface area contributed by atoms with E-state index in [0.29, 0.717) is 12.4 Å². The summed E-state index contributed by atoms with van der Waals surface area (Å²) in [5, 5.41) is 6.29. The molecule has 0 spiro atoms. The van der Waals surface area contributed by atoms with Gasteiger partial charge in [0.2, 0.25) is 0 Å². The van der Waals surface area contributed by atoms with E-state index in [1.54, 1.807) is 0 Å². The van der Waals surface area contributed by atoms with Crippen LogP contribution in [0.1, 0.15) is 25.2 Å². The molecule has 1 aromatic heterocycles. The monoisotopic (exact) mass is 288 g/mol. The molecule has 2 N–H and O–H groups in total. The van der Waals surface area contributed by atoms with Gasteiger partial charge in [0, 0.05) is 25.1 Å². The SMILES string of the molecule is CCNc1nc(CC)nc(NCCOCC(F)F)c1C. The number of ether oxygens (including phenoxy) is 1. The molecule has 0 unspecified atom stereocenters. The standard InChI is InChI=1S/C13H22F2N4O/c1-4-11-18-12(16-5-2)9(3)13(19-11)17-6-7-20-8-10(14)15/h10H,4-8H2,1-3H3,(H2,16,17,18,19). The molecule has 7 heteroatoms. The number of halogens is 2. The highest BCUT2D eigenvalue weighted by Gasteiger charge is 2.09. The molecule has 1 rings (SSSR count). The second-order valence-electron chi connectivity index (χ2n) is 4.24.